The van der Waals surface area contributed by atoms with E-state index in [0.29, 0.717) is 0 Å². The van der Waals surface area contributed by atoms with Crippen LogP contribution in [0.4, 0.5) is 0 Å². The van der Waals surface area contributed by atoms with Gasteiger partial charge in [-0.15, -0.1) is 0 Å². The van der Waals surface area contributed by atoms with Crippen molar-refractivity contribution in [3.63, 3.8) is 0 Å². The Kier molecular flexibility index (Phi) is 5.27. The van der Waals surface area contributed by atoms with Crippen molar-refractivity contribution in [2.75, 3.05) is 7.11 Å². The Labute approximate surface area is 139 Å². The Morgan fingerprint density at radius 2 is 1.70 bits per heavy atom. The molecule has 2 aromatic rings. The molecule has 1 aliphatic carbocycles. The lowest BCUT2D eigenvalue weighted by Gasteiger charge is -2.25. The SMILES string of the molecule is COc1ccc(-c2ccc(CCC3CCC(C)CC3)nn2)cc1. The minimum Gasteiger partial charge on any atom is -0.497 e. The first kappa shape index (κ1) is 16.0. The fourth-order valence-electron chi connectivity index (χ4n) is 3.38. The Morgan fingerprint density at radius 1 is 0.957 bits per heavy atom. The highest BCUT2D eigenvalue weighted by molar-refractivity contribution is 5.59. The smallest absolute Gasteiger partial charge is 0.118 e. The highest BCUT2D eigenvalue weighted by Gasteiger charge is 2.18. The van der Waals surface area contributed by atoms with Crippen LogP contribution in [-0.2, 0) is 6.42 Å². The van der Waals surface area contributed by atoms with E-state index in [1.54, 1.807) is 7.11 Å². The minimum absolute atomic E-state index is 0.861. The monoisotopic (exact) mass is 310 g/mol. The molecule has 0 spiro atoms. The van der Waals surface area contributed by atoms with E-state index < -0.39 is 0 Å². The van der Waals surface area contributed by atoms with E-state index in [4.69, 9.17) is 4.74 Å². The molecule has 1 aliphatic rings. The number of rotatable bonds is 5. The first-order valence-electron chi connectivity index (χ1n) is 8.71. The summed E-state index contributed by atoms with van der Waals surface area (Å²) in [6.07, 6.45) is 7.87. The fraction of sp³-hybridized carbons (Fsp3) is 0.500. The van der Waals surface area contributed by atoms with Crippen molar-refractivity contribution in [3.05, 3.63) is 42.1 Å². The van der Waals surface area contributed by atoms with Gasteiger partial charge in [0.2, 0.25) is 0 Å². The number of hydrogen-bond donors (Lipinski definition) is 0. The minimum atomic E-state index is 0.861. The average molecular weight is 310 g/mol. The predicted octanol–water partition coefficient (Wildman–Crippen LogP) is 4.91. The molecule has 122 valence electrons. The lowest BCUT2D eigenvalue weighted by Crippen LogP contribution is -2.13. The van der Waals surface area contributed by atoms with Gasteiger partial charge in [0.15, 0.2) is 0 Å². The standard InChI is InChI=1S/C20H26N2O/c1-15-3-5-16(6-4-15)7-10-18-11-14-20(22-21-18)17-8-12-19(23-2)13-9-17/h8-9,11-16H,3-7,10H2,1-2H3. The molecular weight excluding hydrogens is 284 g/mol. The number of benzene rings is 1. The highest BCUT2D eigenvalue weighted by atomic mass is 16.5. The van der Waals surface area contributed by atoms with Crippen molar-refractivity contribution in [2.45, 2.75) is 45.4 Å². The molecule has 3 nitrogen and oxygen atoms in total. The van der Waals surface area contributed by atoms with Crippen LogP contribution in [-0.4, -0.2) is 17.3 Å². The van der Waals surface area contributed by atoms with Gasteiger partial charge in [-0.05, 0) is 61.1 Å². The second-order valence-corrected chi connectivity index (χ2v) is 6.80. The summed E-state index contributed by atoms with van der Waals surface area (Å²) in [5.74, 6) is 2.67. The maximum atomic E-state index is 5.18. The van der Waals surface area contributed by atoms with E-state index in [-0.39, 0.29) is 0 Å². The van der Waals surface area contributed by atoms with E-state index >= 15 is 0 Å². The molecule has 1 heterocycles. The summed E-state index contributed by atoms with van der Waals surface area (Å²) in [5, 5.41) is 8.81. The Bertz CT molecular complexity index is 599. The topological polar surface area (TPSA) is 35.0 Å². The van der Waals surface area contributed by atoms with Crippen LogP contribution in [0.5, 0.6) is 5.75 Å². The van der Waals surface area contributed by atoms with Crippen LogP contribution < -0.4 is 4.74 Å². The van der Waals surface area contributed by atoms with Crippen LogP contribution in [0.2, 0.25) is 0 Å². The zero-order valence-corrected chi connectivity index (χ0v) is 14.2. The number of hydrogen-bond acceptors (Lipinski definition) is 3. The van der Waals surface area contributed by atoms with Gasteiger partial charge in [-0.2, -0.15) is 10.2 Å². The van der Waals surface area contributed by atoms with Crippen molar-refractivity contribution in [3.8, 4) is 17.0 Å². The van der Waals surface area contributed by atoms with Crippen LogP contribution in [0.25, 0.3) is 11.3 Å². The summed E-state index contributed by atoms with van der Waals surface area (Å²) < 4.78 is 5.18. The third kappa shape index (κ3) is 4.31. The highest BCUT2D eigenvalue weighted by Crippen LogP contribution is 2.31. The van der Waals surface area contributed by atoms with Gasteiger partial charge in [-0.1, -0.05) is 32.6 Å². The fourth-order valence-corrected chi connectivity index (χ4v) is 3.38. The van der Waals surface area contributed by atoms with Gasteiger partial charge in [0.05, 0.1) is 18.5 Å². The van der Waals surface area contributed by atoms with Crippen LogP contribution in [0.1, 0.15) is 44.7 Å². The molecule has 1 saturated carbocycles. The number of nitrogens with zero attached hydrogens (tertiary/aromatic N) is 2. The van der Waals surface area contributed by atoms with Gasteiger partial charge in [0, 0.05) is 5.56 Å². The molecule has 0 saturated heterocycles. The van der Waals surface area contributed by atoms with Crippen molar-refractivity contribution >= 4 is 0 Å². The summed E-state index contributed by atoms with van der Waals surface area (Å²) in [4.78, 5) is 0. The maximum Gasteiger partial charge on any atom is 0.118 e. The van der Waals surface area contributed by atoms with E-state index in [1.807, 2.05) is 24.3 Å². The van der Waals surface area contributed by atoms with Crippen LogP contribution >= 0.6 is 0 Å². The summed E-state index contributed by atoms with van der Waals surface area (Å²) in [7, 11) is 1.68. The van der Waals surface area contributed by atoms with Crippen LogP contribution in [0.3, 0.4) is 0 Å². The molecule has 0 unspecified atom stereocenters. The van der Waals surface area contributed by atoms with Gasteiger partial charge in [-0.3, -0.25) is 0 Å². The van der Waals surface area contributed by atoms with E-state index in [9.17, 15) is 0 Å². The molecule has 1 aromatic carbocycles. The average Bonchev–Trinajstić information content (AvgIpc) is 2.62. The number of aromatic nitrogens is 2. The lowest BCUT2D eigenvalue weighted by atomic mass is 9.81. The van der Waals surface area contributed by atoms with Gasteiger partial charge >= 0.3 is 0 Å². The van der Waals surface area contributed by atoms with Gasteiger partial charge in [0.1, 0.15) is 5.75 Å². The Morgan fingerprint density at radius 3 is 2.30 bits per heavy atom. The normalized spacial score (nSPS) is 21.1. The van der Waals surface area contributed by atoms with Crippen LogP contribution in [0.15, 0.2) is 36.4 Å². The molecule has 3 heteroatoms. The number of methoxy groups -OCH3 is 1. The zero-order valence-electron chi connectivity index (χ0n) is 14.2. The Balaban J connectivity index is 1.56. The zero-order chi connectivity index (χ0) is 16.1. The van der Waals surface area contributed by atoms with E-state index in [1.165, 1.54) is 32.1 Å². The van der Waals surface area contributed by atoms with Crippen molar-refractivity contribution in [1.29, 1.82) is 0 Å². The van der Waals surface area contributed by atoms with Crippen molar-refractivity contribution in [1.82, 2.24) is 10.2 Å². The van der Waals surface area contributed by atoms with Gasteiger partial charge in [-0.25, -0.2) is 0 Å². The third-order valence-electron chi connectivity index (χ3n) is 5.05. The number of aryl methyl sites for hydroxylation is 1. The quantitative estimate of drug-likeness (QED) is 0.787. The maximum absolute atomic E-state index is 5.18. The summed E-state index contributed by atoms with van der Waals surface area (Å²) in [6, 6.07) is 12.1. The molecule has 0 atom stereocenters. The van der Waals surface area contributed by atoms with Gasteiger partial charge in [0.25, 0.3) is 0 Å². The molecule has 1 fully saturated rings. The molecule has 0 N–H and O–H groups in total. The summed E-state index contributed by atoms with van der Waals surface area (Å²) >= 11 is 0. The first-order chi connectivity index (χ1) is 11.2. The van der Waals surface area contributed by atoms with Crippen LogP contribution in [0, 0.1) is 11.8 Å². The van der Waals surface area contributed by atoms with Crippen molar-refractivity contribution < 1.29 is 4.74 Å². The van der Waals surface area contributed by atoms with Gasteiger partial charge < -0.3 is 4.74 Å². The molecule has 23 heavy (non-hydrogen) atoms. The van der Waals surface area contributed by atoms with E-state index in [2.05, 4.69) is 29.3 Å². The molecule has 0 aliphatic heterocycles. The molecule has 0 amide bonds. The predicted molar refractivity (Wildman–Crippen MR) is 93.5 cm³/mol. The Hall–Kier alpha value is -1.90. The summed E-state index contributed by atoms with van der Waals surface area (Å²) in [6.45, 7) is 2.37. The second kappa shape index (κ2) is 7.58. The lowest BCUT2D eigenvalue weighted by molar-refractivity contribution is 0.277. The summed E-state index contributed by atoms with van der Waals surface area (Å²) in [5.41, 5.74) is 3.11. The largest absolute Gasteiger partial charge is 0.497 e. The molecular formula is C20H26N2O. The first-order valence-corrected chi connectivity index (χ1v) is 8.71. The molecule has 0 radical (unpaired) electrons. The molecule has 0 bridgehead atoms. The van der Waals surface area contributed by atoms with Crippen molar-refractivity contribution in [2.24, 2.45) is 11.8 Å². The van der Waals surface area contributed by atoms with E-state index in [0.717, 1.165) is 41.0 Å². The third-order valence-corrected chi connectivity index (χ3v) is 5.05. The molecule has 1 aromatic heterocycles. The number of ether oxygens (including phenoxy) is 1. The second-order valence-electron chi connectivity index (χ2n) is 6.80. The molecule has 3 rings (SSSR count).